The fourth-order valence-electron chi connectivity index (χ4n) is 4.78. The molecule has 1 atom stereocenters. The smallest absolute Gasteiger partial charge is 0.290 e. The molecule has 5 rings (SSSR count). The molecule has 0 radical (unpaired) electrons. The molecule has 0 bridgehead atoms. The number of aliphatic hydroxyl groups is 1. The number of fused-ring (bicyclic) bond motifs is 2. The van der Waals surface area contributed by atoms with Crippen LogP contribution in [0.5, 0.6) is 11.5 Å². The van der Waals surface area contributed by atoms with Gasteiger partial charge in [-0.3, -0.25) is 9.59 Å². The molecule has 0 saturated carbocycles. The van der Waals surface area contributed by atoms with Crippen LogP contribution in [0.4, 0.5) is 0 Å². The minimum atomic E-state index is -0.716. The number of hydrogen-bond donors (Lipinski definition) is 1. The van der Waals surface area contributed by atoms with E-state index in [1.165, 1.54) is 0 Å². The largest absolute Gasteiger partial charge is 0.490 e. The molecule has 7 nitrogen and oxygen atoms in total. The average Bonchev–Trinajstić information content (AvgIpc) is 3.20. The first-order chi connectivity index (χ1) is 18.4. The van der Waals surface area contributed by atoms with Crippen molar-refractivity contribution in [2.24, 2.45) is 0 Å². The molecule has 0 fully saturated rings. The van der Waals surface area contributed by atoms with E-state index in [1.807, 2.05) is 50.2 Å². The van der Waals surface area contributed by atoms with Crippen molar-refractivity contribution < 1.29 is 23.8 Å². The Morgan fingerprint density at radius 3 is 2.55 bits per heavy atom. The second kappa shape index (κ2) is 10.9. The van der Waals surface area contributed by atoms with Crippen LogP contribution >= 0.6 is 11.6 Å². The molecule has 1 N–H and O–H groups in total. The zero-order valence-corrected chi connectivity index (χ0v) is 22.0. The third-order valence-electron chi connectivity index (χ3n) is 6.62. The summed E-state index contributed by atoms with van der Waals surface area (Å²) >= 11 is 6.32. The number of carbonyl (C=O) groups excluding carboxylic acids is 1. The minimum Gasteiger partial charge on any atom is -0.490 e. The molecule has 1 unspecified atom stereocenters. The van der Waals surface area contributed by atoms with Crippen LogP contribution in [0.25, 0.3) is 11.0 Å². The van der Waals surface area contributed by atoms with E-state index in [2.05, 4.69) is 0 Å². The Kier molecular flexibility index (Phi) is 7.40. The summed E-state index contributed by atoms with van der Waals surface area (Å²) in [6.07, 6.45) is 0.353. The van der Waals surface area contributed by atoms with Crippen molar-refractivity contribution in [1.82, 2.24) is 4.90 Å². The predicted molar refractivity (Wildman–Crippen MR) is 145 cm³/mol. The third kappa shape index (κ3) is 4.75. The lowest BCUT2D eigenvalue weighted by molar-refractivity contribution is 0.0716. The number of halogens is 1. The molecule has 4 aromatic rings. The zero-order valence-electron chi connectivity index (χ0n) is 21.2. The number of hydrogen-bond acceptors (Lipinski definition) is 6. The number of nitrogens with zero attached hydrogens (tertiary/aromatic N) is 1. The van der Waals surface area contributed by atoms with E-state index >= 15 is 0 Å². The Balaban J connectivity index is 1.61. The summed E-state index contributed by atoms with van der Waals surface area (Å²) < 4.78 is 18.0. The molecular formula is C30H28ClNO6. The fourth-order valence-corrected chi connectivity index (χ4v) is 4.94. The van der Waals surface area contributed by atoms with Gasteiger partial charge in [-0.05, 0) is 61.2 Å². The van der Waals surface area contributed by atoms with Crippen LogP contribution in [0.2, 0.25) is 5.02 Å². The second-order valence-corrected chi connectivity index (χ2v) is 9.57. The molecule has 0 saturated heterocycles. The SMILES string of the molecule is CCOc1cc(C2c3c(oc4cc(C)c(Cl)cc4c3=O)C(=O)N2CCCO)ccc1OCc1ccccc1. The maximum absolute atomic E-state index is 13.8. The lowest BCUT2D eigenvalue weighted by atomic mass is 9.97. The highest BCUT2D eigenvalue weighted by Gasteiger charge is 2.42. The first kappa shape index (κ1) is 25.8. The highest BCUT2D eigenvalue weighted by Crippen LogP contribution is 2.41. The average molecular weight is 534 g/mol. The van der Waals surface area contributed by atoms with E-state index in [-0.39, 0.29) is 29.9 Å². The Labute approximate surface area is 225 Å². The summed E-state index contributed by atoms with van der Waals surface area (Å²) in [5, 5.41) is 10.2. The highest BCUT2D eigenvalue weighted by atomic mass is 35.5. The summed E-state index contributed by atoms with van der Waals surface area (Å²) in [4.78, 5) is 28.8. The molecule has 1 aliphatic heterocycles. The fraction of sp³-hybridized carbons (Fsp3) is 0.267. The number of aryl methyl sites for hydroxylation is 1. The van der Waals surface area contributed by atoms with E-state index in [0.717, 1.165) is 11.1 Å². The first-order valence-corrected chi connectivity index (χ1v) is 12.9. The number of aliphatic hydroxyl groups excluding tert-OH is 1. The van der Waals surface area contributed by atoms with Gasteiger partial charge in [-0.15, -0.1) is 0 Å². The van der Waals surface area contributed by atoms with Gasteiger partial charge < -0.3 is 23.9 Å². The zero-order chi connectivity index (χ0) is 26.8. The minimum absolute atomic E-state index is 0.00882. The lowest BCUT2D eigenvalue weighted by Gasteiger charge is -2.25. The van der Waals surface area contributed by atoms with Crippen molar-refractivity contribution in [1.29, 1.82) is 0 Å². The number of ether oxygens (including phenoxy) is 2. The molecule has 1 amide bonds. The van der Waals surface area contributed by atoms with Crippen molar-refractivity contribution in [3.8, 4) is 11.5 Å². The number of rotatable bonds is 9. The van der Waals surface area contributed by atoms with E-state index in [4.69, 9.17) is 25.5 Å². The van der Waals surface area contributed by atoms with Gasteiger partial charge in [0.05, 0.1) is 23.6 Å². The Bertz CT molecular complexity index is 1550. The molecule has 1 aromatic heterocycles. The van der Waals surface area contributed by atoms with Crippen molar-refractivity contribution in [3.05, 3.63) is 104 Å². The number of amides is 1. The van der Waals surface area contributed by atoms with E-state index in [9.17, 15) is 14.7 Å². The van der Waals surface area contributed by atoms with Crippen molar-refractivity contribution >= 4 is 28.5 Å². The van der Waals surface area contributed by atoms with Gasteiger partial charge in [0.15, 0.2) is 16.9 Å². The van der Waals surface area contributed by atoms with Crippen LogP contribution in [0.1, 0.15) is 52.2 Å². The summed E-state index contributed by atoms with van der Waals surface area (Å²) in [5.41, 5.74) is 2.69. The molecule has 2 heterocycles. The molecule has 1 aliphatic rings. The van der Waals surface area contributed by atoms with E-state index in [0.29, 0.717) is 52.7 Å². The number of carbonyl (C=O) groups is 1. The summed E-state index contributed by atoms with van der Waals surface area (Å²) in [6.45, 7) is 4.61. The van der Waals surface area contributed by atoms with Crippen LogP contribution in [-0.4, -0.2) is 35.7 Å². The second-order valence-electron chi connectivity index (χ2n) is 9.16. The van der Waals surface area contributed by atoms with Gasteiger partial charge in [-0.1, -0.05) is 48.0 Å². The summed E-state index contributed by atoms with van der Waals surface area (Å²) in [6, 6.07) is 17.8. The molecule has 0 spiro atoms. The van der Waals surface area contributed by atoms with Gasteiger partial charge in [0.2, 0.25) is 5.76 Å². The Morgan fingerprint density at radius 1 is 1.03 bits per heavy atom. The van der Waals surface area contributed by atoms with Crippen molar-refractivity contribution in [2.75, 3.05) is 19.8 Å². The van der Waals surface area contributed by atoms with Gasteiger partial charge in [0, 0.05) is 18.2 Å². The van der Waals surface area contributed by atoms with Gasteiger partial charge in [-0.2, -0.15) is 0 Å². The van der Waals surface area contributed by atoms with E-state index < -0.39 is 11.9 Å². The Hall–Kier alpha value is -3.81. The van der Waals surface area contributed by atoms with Gasteiger partial charge in [0.1, 0.15) is 12.2 Å². The quantitative estimate of drug-likeness (QED) is 0.298. The predicted octanol–water partition coefficient (Wildman–Crippen LogP) is 5.66. The highest BCUT2D eigenvalue weighted by molar-refractivity contribution is 6.32. The van der Waals surface area contributed by atoms with Crippen molar-refractivity contribution in [3.63, 3.8) is 0 Å². The van der Waals surface area contributed by atoms with Crippen LogP contribution in [-0.2, 0) is 6.61 Å². The molecule has 38 heavy (non-hydrogen) atoms. The van der Waals surface area contributed by atoms with Crippen LogP contribution in [0, 0.1) is 6.92 Å². The van der Waals surface area contributed by atoms with Crippen LogP contribution in [0.3, 0.4) is 0 Å². The summed E-state index contributed by atoms with van der Waals surface area (Å²) in [5.74, 6) is 0.674. The maximum atomic E-state index is 13.8. The van der Waals surface area contributed by atoms with Gasteiger partial charge in [-0.25, -0.2) is 0 Å². The molecule has 8 heteroatoms. The third-order valence-corrected chi connectivity index (χ3v) is 7.03. The van der Waals surface area contributed by atoms with Crippen molar-refractivity contribution in [2.45, 2.75) is 32.9 Å². The standard InChI is InChI=1S/C30H28ClNO6/c1-3-36-25-15-20(10-11-23(25)37-17-19-8-5-4-6-9-19)27-26-28(34)21-16-22(31)18(2)14-24(21)38-29(26)30(35)32(27)12-7-13-33/h4-6,8-11,14-16,27,33H,3,7,12-13,17H2,1-2H3. The molecule has 3 aromatic carbocycles. The normalized spacial score (nSPS) is 14.7. The topological polar surface area (TPSA) is 89.2 Å². The van der Waals surface area contributed by atoms with Crippen LogP contribution < -0.4 is 14.9 Å². The number of benzene rings is 3. The van der Waals surface area contributed by atoms with Crippen LogP contribution in [0.15, 0.2) is 69.9 Å². The molecular weight excluding hydrogens is 506 g/mol. The van der Waals surface area contributed by atoms with Gasteiger partial charge >= 0.3 is 0 Å². The molecule has 0 aliphatic carbocycles. The van der Waals surface area contributed by atoms with E-state index in [1.54, 1.807) is 29.2 Å². The first-order valence-electron chi connectivity index (χ1n) is 12.5. The Morgan fingerprint density at radius 2 is 1.82 bits per heavy atom. The monoisotopic (exact) mass is 533 g/mol. The molecule has 196 valence electrons. The summed E-state index contributed by atoms with van der Waals surface area (Å²) in [7, 11) is 0. The lowest BCUT2D eigenvalue weighted by Crippen LogP contribution is -2.31. The van der Waals surface area contributed by atoms with Gasteiger partial charge in [0.25, 0.3) is 5.91 Å². The maximum Gasteiger partial charge on any atom is 0.290 e.